The van der Waals surface area contributed by atoms with Crippen molar-refractivity contribution in [1.29, 1.82) is 0 Å². The second-order valence-corrected chi connectivity index (χ2v) is 4.53. The zero-order valence-corrected chi connectivity index (χ0v) is 11.3. The van der Waals surface area contributed by atoms with E-state index in [0.717, 1.165) is 28.2 Å². The summed E-state index contributed by atoms with van der Waals surface area (Å²) in [4.78, 5) is 8.14. The zero-order valence-electron chi connectivity index (χ0n) is 11.3. The van der Waals surface area contributed by atoms with Crippen molar-refractivity contribution in [2.24, 2.45) is 7.05 Å². The van der Waals surface area contributed by atoms with Crippen molar-refractivity contribution in [3.63, 3.8) is 0 Å². The van der Waals surface area contributed by atoms with E-state index < -0.39 is 0 Å². The van der Waals surface area contributed by atoms with E-state index in [1.54, 1.807) is 10.9 Å². The summed E-state index contributed by atoms with van der Waals surface area (Å²) in [5, 5.41) is 8.22. The smallest absolute Gasteiger partial charge is 0.220 e. The molecule has 0 aliphatic rings. The van der Waals surface area contributed by atoms with Crippen LogP contribution in [0, 0.1) is 6.92 Å². The number of nitrogen functional groups attached to an aromatic ring is 1. The monoisotopic (exact) mass is 266 g/mol. The minimum Gasteiger partial charge on any atom is -0.368 e. The van der Waals surface area contributed by atoms with Crippen LogP contribution in [0.4, 0.5) is 5.95 Å². The van der Waals surface area contributed by atoms with Crippen LogP contribution in [0.15, 0.2) is 36.5 Å². The summed E-state index contributed by atoms with van der Waals surface area (Å²) in [6.07, 6.45) is 1.65. The Hall–Kier alpha value is -2.76. The van der Waals surface area contributed by atoms with Crippen molar-refractivity contribution in [2.75, 3.05) is 5.73 Å². The predicted octanol–water partition coefficient (Wildman–Crippen LogP) is 1.83. The first-order chi connectivity index (χ1) is 9.65. The number of rotatable bonds is 2. The van der Waals surface area contributed by atoms with Gasteiger partial charge in [-0.05, 0) is 19.1 Å². The van der Waals surface area contributed by atoms with Crippen molar-refractivity contribution in [3.8, 4) is 22.5 Å². The van der Waals surface area contributed by atoms with E-state index in [1.807, 2.05) is 44.3 Å². The molecule has 2 heterocycles. The fourth-order valence-corrected chi connectivity index (χ4v) is 2.03. The van der Waals surface area contributed by atoms with Crippen LogP contribution in [0.5, 0.6) is 0 Å². The Kier molecular flexibility index (Phi) is 2.90. The number of hydrogen-bond acceptors (Lipinski definition) is 5. The molecule has 2 N–H and O–H groups in total. The van der Waals surface area contributed by atoms with E-state index in [2.05, 4.69) is 20.3 Å². The van der Waals surface area contributed by atoms with Crippen LogP contribution >= 0.6 is 0 Å². The third kappa shape index (κ3) is 2.11. The molecule has 0 aliphatic heterocycles. The maximum atomic E-state index is 5.62. The molecule has 0 saturated carbocycles. The standard InChI is InChI=1S/C14H14N6/c1-9-13(18-19-20(9)2)11-5-3-4-10(8-11)12-6-7-16-14(15)17-12/h3-8H,1-2H3,(H2,15,16,17). The van der Waals surface area contributed by atoms with Gasteiger partial charge >= 0.3 is 0 Å². The van der Waals surface area contributed by atoms with Gasteiger partial charge in [0.05, 0.1) is 11.4 Å². The summed E-state index contributed by atoms with van der Waals surface area (Å²) in [6, 6.07) is 9.82. The summed E-state index contributed by atoms with van der Waals surface area (Å²) in [7, 11) is 1.88. The number of aryl methyl sites for hydroxylation is 1. The van der Waals surface area contributed by atoms with Gasteiger partial charge in [-0.3, -0.25) is 4.68 Å². The van der Waals surface area contributed by atoms with E-state index >= 15 is 0 Å². The van der Waals surface area contributed by atoms with Gasteiger partial charge in [0.15, 0.2) is 0 Å². The Bertz CT molecular complexity index is 762. The first-order valence-electron chi connectivity index (χ1n) is 6.21. The van der Waals surface area contributed by atoms with Gasteiger partial charge in [0.25, 0.3) is 0 Å². The summed E-state index contributed by atoms with van der Waals surface area (Å²) in [5.74, 6) is 0.267. The molecule has 0 spiro atoms. The number of nitrogens with zero attached hydrogens (tertiary/aromatic N) is 5. The lowest BCUT2D eigenvalue weighted by Gasteiger charge is -2.04. The van der Waals surface area contributed by atoms with Gasteiger partial charge < -0.3 is 5.73 Å². The van der Waals surface area contributed by atoms with Crippen molar-refractivity contribution >= 4 is 5.95 Å². The Morgan fingerprint density at radius 3 is 2.65 bits per heavy atom. The lowest BCUT2D eigenvalue weighted by molar-refractivity contribution is 0.696. The van der Waals surface area contributed by atoms with Crippen molar-refractivity contribution in [3.05, 3.63) is 42.2 Å². The third-order valence-electron chi connectivity index (χ3n) is 3.21. The van der Waals surface area contributed by atoms with Crippen LogP contribution in [0.25, 0.3) is 22.5 Å². The highest BCUT2D eigenvalue weighted by atomic mass is 15.4. The van der Waals surface area contributed by atoms with Gasteiger partial charge in [-0.1, -0.05) is 23.4 Å². The van der Waals surface area contributed by atoms with E-state index in [4.69, 9.17) is 5.73 Å². The molecular formula is C14H14N6. The van der Waals surface area contributed by atoms with Crippen molar-refractivity contribution < 1.29 is 0 Å². The zero-order chi connectivity index (χ0) is 14.1. The van der Waals surface area contributed by atoms with Crippen LogP contribution in [0.2, 0.25) is 0 Å². The second-order valence-electron chi connectivity index (χ2n) is 4.53. The molecule has 1 aromatic carbocycles. The van der Waals surface area contributed by atoms with E-state index in [0.29, 0.717) is 0 Å². The maximum Gasteiger partial charge on any atom is 0.220 e. The Morgan fingerprint density at radius 1 is 1.15 bits per heavy atom. The van der Waals surface area contributed by atoms with Crippen LogP contribution in [0.1, 0.15) is 5.69 Å². The normalized spacial score (nSPS) is 10.7. The molecule has 6 heteroatoms. The van der Waals surface area contributed by atoms with Gasteiger partial charge in [0.2, 0.25) is 5.95 Å². The maximum absolute atomic E-state index is 5.62. The van der Waals surface area contributed by atoms with Gasteiger partial charge in [0, 0.05) is 24.4 Å². The topological polar surface area (TPSA) is 82.5 Å². The quantitative estimate of drug-likeness (QED) is 0.765. The second kappa shape index (κ2) is 4.73. The summed E-state index contributed by atoms with van der Waals surface area (Å²) in [6.45, 7) is 1.99. The van der Waals surface area contributed by atoms with Gasteiger partial charge in [-0.15, -0.1) is 5.10 Å². The Balaban J connectivity index is 2.08. The average molecular weight is 266 g/mol. The summed E-state index contributed by atoms with van der Waals surface area (Å²) >= 11 is 0. The minimum absolute atomic E-state index is 0.267. The fraction of sp³-hybridized carbons (Fsp3) is 0.143. The highest BCUT2D eigenvalue weighted by molar-refractivity contribution is 5.70. The van der Waals surface area contributed by atoms with Gasteiger partial charge in [-0.25, -0.2) is 9.97 Å². The molecule has 0 radical (unpaired) electrons. The molecule has 0 aliphatic carbocycles. The van der Waals surface area contributed by atoms with Crippen LogP contribution in [-0.4, -0.2) is 25.0 Å². The summed E-state index contributed by atoms with van der Waals surface area (Å²) in [5.41, 5.74) is 10.3. The minimum atomic E-state index is 0.267. The first kappa shape index (κ1) is 12.3. The van der Waals surface area contributed by atoms with Crippen LogP contribution in [0.3, 0.4) is 0 Å². The molecule has 0 fully saturated rings. The fourth-order valence-electron chi connectivity index (χ4n) is 2.03. The number of anilines is 1. The highest BCUT2D eigenvalue weighted by Crippen LogP contribution is 2.25. The van der Waals surface area contributed by atoms with Gasteiger partial charge in [-0.2, -0.15) is 0 Å². The lowest BCUT2D eigenvalue weighted by Crippen LogP contribution is -1.95. The number of benzene rings is 1. The molecule has 0 amide bonds. The number of hydrogen-bond donors (Lipinski definition) is 1. The molecule has 0 unspecified atom stereocenters. The van der Waals surface area contributed by atoms with Crippen LogP contribution in [-0.2, 0) is 7.05 Å². The summed E-state index contributed by atoms with van der Waals surface area (Å²) < 4.78 is 1.75. The molecule has 3 aromatic rings. The molecule has 6 nitrogen and oxygen atoms in total. The predicted molar refractivity (Wildman–Crippen MR) is 76.6 cm³/mol. The molecule has 20 heavy (non-hydrogen) atoms. The number of nitrogens with two attached hydrogens (primary N) is 1. The third-order valence-corrected chi connectivity index (χ3v) is 3.21. The average Bonchev–Trinajstić information content (AvgIpc) is 2.79. The lowest BCUT2D eigenvalue weighted by atomic mass is 10.0. The molecule has 2 aromatic heterocycles. The first-order valence-corrected chi connectivity index (χ1v) is 6.21. The van der Waals surface area contributed by atoms with Gasteiger partial charge in [0.1, 0.15) is 5.69 Å². The molecule has 0 bridgehead atoms. The van der Waals surface area contributed by atoms with E-state index in [-0.39, 0.29) is 5.95 Å². The van der Waals surface area contributed by atoms with Crippen molar-refractivity contribution in [1.82, 2.24) is 25.0 Å². The number of aromatic nitrogens is 5. The Morgan fingerprint density at radius 2 is 1.95 bits per heavy atom. The molecule has 0 atom stereocenters. The molecule has 3 rings (SSSR count). The largest absolute Gasteiger partial charge is 0.368 e. The van der Waals surface area contributed by atoms with E-state index in [9.17, 15) is 0 Å². The highest BCUT2D eigenvalue weighted by Gasteiger charge is 2.10. The van der Waals surface area contributed by atoms with Crippen LogP contribution < -0.4 is 5.73 Å². The van der Waals surface area contributed by atoms with Crippen molar-refractivity contribution in [2.45, 2.75) is 6.92 Å². The Labute approximate surface area is 116 Å². The molecule has 0 saturated heterocycles. The SMILES string of the molecule is Cc1c(-c2cccc(-c3ccnc(N)n3)c2)nnn1C. The molecule has 100 valence electrons. The molecular weight excluding hydrogens is 252 g/mol. The van der Waals surface area contributed by atoms with E-state index in [1.165, 1.54) is 0 Å².